The van der Waals surface area contributed by atoms with Crippen LogP contribution in [0.1, 0.15) is 26.7 Å². The van der Waals surface area contributed by atoms with Crippen molar-refractivity contribution in [2.45, 2.75) is 26.7 Å². The van der Waals surface area contributed by atoms with Crippen molar-refractivity contribution in [2.24, 2.45) is 0 Å². The predicted octanol–water partition coefficient (Wildman–Crippen LogP) is 1.85. The van der Waals surface area contributed by atoms with Gasteiger partial charge in [-0.15, -0.1) is 0 Å². The number of aliphatic hydroxyl groups excluding tert-OH is 1. The quantitative estimate of drug-likeness (QED) is 0.386. The lowest BCUT2D eigenvalue weighted by Crippen LogP contribution is -1.84. The molecule has 0 radical (unpaired) electrons. The van der Waals surface area contributed by atoms with Crippen LogP contribution in [0.3, 0.4) is 0 Å². The second-order valence-electron chi connectivity index (χ2n) is 2.90. The van der Waals surface area contributed by atoms with Crippen molar-refractivity contribution in [2.75, 3.05) is 6.61 Å². The average Bonchev–Trinajstić information content (AvgIpc) is 2.04. The van der Waals surface area contributed by atoms with E-state index in [0.717, 1.165) is 30.3 Å². The van der Waals surface area contributed by atoms with E-state index in [2.05, 4.69) is 0 Å². The number of carbonyl (C=O) groups excluding carboxylic acids is 1. The highest BCUT2D eigenvalue weighted by Crippen LogP contribution is 2.05. The fourth-order valence-electron chi connectivity index (χ4n) is 0.810. The fourth-order valence-corrected chi connectivity index (χ4v) is 0.810. The van der Waals surface area contributed by atoms with E-state index in [1.54, 1.807) is 6.08 Å². The number of aldehydes is 1. The number of hydrogen-bond donors (Lipinski definition) is 1. The first-order chi connectivity index (χ1) is 5.70. The normalized spacial score (nSPS) is 13.2. The summed E-state index contributed by atoms with van der Waals surface area (Å²) < 4.78 is 0. The minimum Gasteiger partial charge on any atom is -0.392 e. The monoisotopic (exact) mass is 168 g/mol. The molecular weight excluding hydrogens is 152 g/mol. The molecule has 0 aliphatic carbocycles. The largest absolute Gasteiger partial charge is 0.392 e. The molecule has 0 spiro atoms. The molecule has 0 atom stereocenters. The van der Waals surface area contributed by atoms with Gasteiger partial charge in [-0.3, -0.25) is 4.79 Å². The maximum absolute atomic E-state index is 10.0. The molecule has 2 heteroatoms. The van der Waals surface area contributed by atoms with E-state index < -0.39 is 0 Å². The Morgan fingerprint density at radius 3 is 2.50 bits per heavy atom. The molecule has 1 N–H and O–H groups in total. The smallest absolute Gasteiger partial charge is 0.142 e. The molecule has 0 unspecified atom stereocenters. The zero-order chi connectivity index (χ0) is 9.40. The Hall–Kier alpha value is -0.890. The number of hydrogen-bond acceptors (Lipinski definition) is 2. The van der Waals surface area contributed by atoms with Gasteiger partial charge >= 0.3 is 0 Å². The molecular formula is C10H16O2. The molecule has 0 heterocycles. The second kappa shape index (κ2) is 6.80. The summed E-state index contributed by atoms with van der Waals surface area (Å²) in [6.45, 7) is 3.94. The summed E-state index contributed by atoms with van der Waals surface area (Å²) in [6.07, 6.45) is 6.14. The van der Waals surface area contributed by atoms with Gasteiger partial charge in [-0.2, -0.15) is 0 Å². The SMILES string of the molecule is CC(=CCC/C(C)=C\C=O)CO. The van der Waals surface area contributed by atoms with Crippen LogP contribution in [0, 0.1) is 0 Å². The lowest BCUT2D eigenvalue weighted by molar-refractivity contribution is -0.104. The summed E-state index contributed by atoms with van der Waals surface area (Å²) in [7, 11) is 0. The van der Waals surface area contributed by atoms with Crippen LogP contribution in [-0.4, -0.2) is 18.0 Å². The van der Waals surface area contributed by atoms with Crippen molar-refractivity contribution in [3.8, 4) is 0 Å². The Bertz CT molecular complexity index is 190. The molecule has 2 nitrogen and oxygen atoms in total. The minimum absolute atomic E-state index is 0.121. The molecule has 0 rings (SSSR count). The lowest BCUT2D eigenvalue weighted by atomic mass is 10.1. The summed E-state index contributed by atoms with van der Waals surface area (Å²) in [6, 6.07) is 0. The van der Waals surface area contributed by atoms with E-state index >= 15 is 0 Å². The van der Waals surface area contributed by atoms with E-state index in [9.17, 15) is 4.79 Å². The highest BCUT2D eigenvalue weighted by Gasteiger charge is 1.88. The highest BCUT2D eigenvalue weighted by molar-refractivity contribution is 5.65. The Morgan fingerprint density at radius 1 is 1.33 bits per heavy atom. The van der Waals surface area contributed by atoms with Crippen molar-refractivity contribution in [3.05, 3.63) is 23.3 Å². The van der Waals surface area contributed by atoms with Gasteiger partial charge in [-0.1, -0.05) is 17.2 Å². The second-order valence-corrected chi connectivity index (χ2v) is 2.90. The van der Waals surface area contributed by atoms with Gasteiger partial charge in [0.05, 0.1) is 6.61 Å². The molecule has 0 aromatic carbocycles. The first-order valence-electron chi connectivity index (χ1n) is 4.08. The fraction of sp³-hybridized carbons (Fsp3) is 0.500. The summed E-state index contributed by atoms with van der Waals surface area (Å²) in [5, 5.41) is 8.66. The van der Waals surface area contributed by atoms with Gasteiger partial charge in [0.25, 0.3) is 0 Å². The van der Waals surface area contributed by atoms with Crippen LogP contribution < -0.4 is 0 Å². The van der Waals surface area contributed by atoms with Crippen LogP contribution in [0.15, 0.2) is 23.3 Å². The number of allylic oxidation sites excluding steroid dienone is 3. The van der Waals surface area contributed by atoms with Crippen molar-refractivity contribution < 1.29 is 9.90 Å². The van der Waals surface area contributed by atoms with Crippen LogP contribution in [0.2, 0.25) is 0 Å². The van der Waals surface area contributed by atoms with E-state index in [4.69, 9.17) is 5.11 Å². The van der Waals surface area contributed by atoms with Crippen molar-refractivity contribution in [3.63, 3.8) is 0 Å². The summed E-state index contributed by atoms with van der Waals surface area (Å²) in [5.74, 6) is 0. The van der Waals surface area contributed by atoms with Gasteiger partial charge < -0.3 is 5.11 Å². The molecule has 0 amide bonds. The third kappa shape index (κ3) is 5.86. The molecule has 0 saturated heterocycles. The minimum atomic E-state index is 0.121. The third-order valence-electron chi connectivity index (χ3n) is 1.63. The Kier molecular flexibility index (Phi) is 6.29. The maximum Gasteiger partial charge on any atom is 0.142 e. The zero-order valence-corrected chi connectivity index (χ0v) is 7.71. The molecule has 0 aliphatic rings. The van der Waals surface area contributed by atoms with E-state index in [0.29, 0.717) is 0 Å². The van der Waals surface area contributed by atoms with Gasteiger partial charge in [-0.05, 0) is 32.8 Å². The Balaban J connectivity index is 3.69. The first-order valence-corrected chi connectivity index (χ1v) is 4.08. The standard InChI is InChI=1S/C10H16O2/c1-9(6-7-11)4-3-5-10(2)8-12/h5-7,12H,3-4,8H2,1-2H3/b9-6-,10-5?. The van der Waals surface area contributed by atoms with Crippen LogP contribution in [0.25, 0.3) is 0 Å². The van der Waals surface area contributed by atoms with Crippen LogP contribution in [0.5, 0.6) is 0 Å². The molecule has 0 aromatic rings. The Morgan fingerprint density at radius 2 is 2.00 bits per heavy atom. The van der Waals surface area contributed by atoms with Crippen LogP contribution in [0.4, 0.5) is 0 Å². The topological polar surface area (TPSA) is 37.3 Å². The van der Waals surface area contributed by atoms with Gasteiger partial charge in [0, 0.05) is 0 Å². The van der Waals surface area contributed by atoms with Crippen molar-refractivity contribution in [1.82, 2.24) is 0 Å². The molecule has 68 valence electrons. The van der Waals surface area contributed by atoms with E-state index in [1.807, 2.05) is 19.9 Å². The molecule has 0 aromatic heterocycles. The number of rotatable bonds is 5. The van der Waals surface area contributed by atoms with Gasteiger partial charge in [0.2, 0.25) is 0 Å². The number of aliphatic hydroxyl groups is 1. The van der Waals surface area contributed by atoms with E-state index in [1.165, 1.54) is 0 Å². The zero-order valence-electron chi connectivity index (χ0n) is 7.71. The molecule has 0 aliphatic heterocycles. The molecule has 0 fully saturated rings. The predicted molar refractivity (Wildman–Crippen MR) is 49.9 cm³/mol. The van der Waals surface area contributed by atoms with Crippen molar-refractivity contribution in [1.29, 1.82) is 0 Å². The van der Waals surface area contributed by atoms with Gasteiger partial charge in [-0.25, -0.2) is 0 Å². The molecule has 0 bridgehead atoms. The summed E-state index contributed by atoms with van der Waals surface area (Å²) >= 11 is 0. The highest BCUT2D eigenvalue weighted by atomic mass is 16.3. The van der Waals surface area contributed by atoms with Gasteiger partial charge in [0.15, 0.2) is 0 Å². The van der Waals surface area contributed by atoms with Crippen molar-refractivity contribution >= 4 is 6.29 Å². The lowest BCUT2D eigenvalue weighted by Gasteiger charge is -1.96. The summed E-state index contributed by atoms with van der Waals surface area (Å²) in [5.41, 5.74) is 2.06. The maximum atomic E-state index is 10.0. The van der Waals surface area contributed by atoms with Crippen LogP contribution in [-0.2, 0) is 4.79 Å². The molecule has 12 heavy (non-hydrogen) atoms. The van der Waals surface area contributed by atoms with Gasteiger partial charge in [0.1, 0.15) is 6.29 Å². The summed E-state index contributed by atoms with van der Waals surface area (Å²) in [4.78, 5) is 10.0. The third-order valence-corrected chi connectivity index (χ3v) is 1.63. The Labute approximate surface area is 73.6 Å². The van der Waals surface area contributed by atoms with E-state index in [-0.39, 0.29) is 6.61 Å². The number of carbonyl (C=O) groups is 1. The first kappa shape index (κ1) is 11.1. The molecule has 0 saturated carbocycles. The average molecular weight is 168 g/mol. The van der Waals surface area contributed by atoms with Crippen LogP contribution >= 0.6 is 0 Å².